The molecule has 0 saturated heterocycles. The van der Waals surface area contributed by atoms with Crippen LogP contribution in [0.3, 0.4) is 0 Å². The van der Waals surface area contributed by atoms with Gasteiger partial charge in [-0.2, -0.15) is 13.2 Å². The molecule has 0 bridgehead atoms. The second kappa shape index (κ2) is 8.96. The average molecular weight is 517 g/mol. The fourth-order valence-corrected chi connectivity index (χ4v) is 5.01. The predicted molar refractivity (Wildman–Crippen MR) is 133 cm³/mol. The first-order chi connectivity index (χ1) is 16.7. The topological polar surface area (TPSA) is 60.7 Å². The lowest BCUT2D eigenvalue weighted by Crippen LogP contribution is -2.13. The van der Waals surface area contributed by atoms with Crippen LogP contribution in [0.4, 0.5) is 13.2 Å². The van der Waals surface area contributed by atoms with E-state index in [2.05, 4.69) is 4.98 Å². The van der Waals surface area contributed by atoms with Crippen molar-refractivity contribution in [2.75, 3.05) is 0 Å². The predicted octanol–water partition coefficient (Wildman–Crippen LogP) is 7.29. The highest BCUT2D eigenvalue weighted by Gasteiger charge is 2.36. The van der Waals surface area contributed by atoms with Crippen LogP contribution in [0.5, 0.6) is 11.5 Å². The minimum atomic E-state index is -4.55. The van der Waals surface area contributed by atoms with Crippen LogP contribution in [-0.2, 0) is 21.4 Å². The van der Waals surface area contributed by atoms with E-state index in [0.29, 0.717) is 28.5 Å². The lowest BCUT2D eigenvalue weighted by atomic mass is 9.89. The van der Waals surface area contributed by atoms with Crippen LogP contribution in [0.15, 0.2) is 71.8 Å². The van der Waals surface area contributed by atoms with Gasteiger partial charge in [-0.25, -0.2) is 13.4 Å². The van der Waals surface area contributed by atoms with Gasteiger partial charge in [-0.05, 0) is 56.3 Å². The molecule has 0 spiro atoms. The first kappa shape index (κ1) is 25.8. The van der Waals surface area contributed by atoms with Crippen molar-refractivity contribution in [3.05, 3.63) is 78.1 Å². The van der Waals surface area contributed by atoms with Gasteiger partial charge >= 0.3 is 6.18 Å². The van der Waals surface area contributed by atoms with Crippen LogP contribution in [-0.4, -0.2) is 23.1 Å². The maximum absolute atomic E-state index is 13.7. The van der Waals surface area contributed by atoms with Crippen molar-refractivity contribution in [2.24, 2.45) is 0 Å². The molecule has 0 unspecified atom stereocenters. The maximum Gasteiger partial charge on any atom is 0.419 e. The Morgan fingerprint density at radius 1 is 0.917 bits per heavy atom. The number of nitrogens with zero attached hydrogens (tertiary/aromatic N) is 2. The molecule has 4 rings (SSSR count). The molecule has 0 aliphatic carbocycles. The lowest BCUT2D eigenvalue weighted by molar-refractivity contribution is -0.136. The fourth-order valence-electron chi connectivity index (χ4n) is 3.92. The number of hydrogen-bond acceptors (Lipinski definition) is 4. The molecule has 2 aromatic carbocycles. The molecule has 2 heterocycles. The van der Waals surface area contributed by atoms with Gasteiger partial charge in [0.25, 0.3) is 0 Å². The number of imidazole rings is 1. The first-order valence-corrected chi connectivity index (χ1v) is 13.0. The second-order valence-electron chi connectivity index (χ2n) is 9.87. The van der Waals surface area contributed by atoms with Crippen molar-refractivity contribution in [3.63, 3.8) is 0 Å². The third-order valence-electron chi connectivity index (χ3n) is 5.76. The van der Waals surface area contributed by atoms with Gasteiger partial charge in [0.1, 0.15) is 17.1 Å². The lowest BCUT2D eigenvalue weighted by Gasteiger charge is -2.18. The van der Waals surface area contributed by atoms with E-state index in [9.17, 15) is 21.6 Å². The number of alkyl halides is 3. The molecule has 0 saturated carbocycles. The number of ether oxygens (including phenoxy) is 1. The molecule has 0 fully saturated rings. The third kappa shape index (κ3) is 4.84. The van der Waals surface area contributed by atoms with Crippen LogP contribution >= 0.6 is 0 Å². The summed E-state index contributed by atoms with van der Waals surface area (Å²) in [5, 5.41) is -0.580. The number of rotatable bonds is 5. The smallest absolute Gasteiger partial charge is 0.419 e. The number of sulfone groups is 1. The van der Waals surface area contributed by atoms with Crippen molar-refractivity contribution in [3.8, 4) is 22.8 Å². The largest absolute Gasteiger partial charge is 0.457 e. The minimum Gasteiger partial charge on any atom is -0.457 e. The average Bonchev–Trinajstić information content (AvgIpc) is 3.19. The highest BCUT2D eigenvalue weighted by atomic mass is 32.2. The molecule has 4 aromatic rings. The Kier molecular flexibility index (Phi) is 6.41. The van der Waals surface area contributed by atoms with E-state index in [-0.39, 0.29) is 10.5 Å². The number of benzene rings is 2. The SMILES string of the molecule is CC(C)S(=O)(=O)c1cccc(Oc2cccc(-c3c(C(C)(C)C)nc4c(C(F)(F)F)cccn34)c2)c1. The number of aromatic nitrogens is 2. The van der Waals surface area contributed by atoms with Gasteiger partial charge in [0, 0.05) is 17.2 Å². The normalized spacial score (nSPS) is 12.9. The molecule has 190 valence electrons. The molecule has 0 amide bonds. The maximum atomic E-state index is 13.7. The van der Waals surface area contributed by atoms with E-state index < -0.39 is 32.2 Å². The molecule has 0 atom stereocenters. The third-order valence-corrected chi connectivity index (χ3v) is 7.92. The Morgan fingerprint density at radius 3 is 2.17 bits per heavy atom. The van der Waals surface area contributed by atoms with Gasteiger partial charge in [-0.1, -0.05) is 39.0 Å². The van der Waals surface area contributed by atoms with Crippen molar-refractivity contribution < 1.29 is 26.3 Å². The summed E-state index contributed by atoms with van der Waals surface area (Å²) < 4.78 is 73.7. The minimum absolute atomic E-state index is 0.155. The number of fused-ring (bicyclic) bond motifs is 1. The molecule has 5 nitrogen and oxygen atoms in total. The molecule has 0 aliphatic heterocycles. The van der Waals surface area contributed by atoms with E-state index in [1.165, 1.54) is 22.6 Å². The zero-order valence-electron chi connectivity index (χ0n) is 20.6. The monoisotopic (exact) mass is 516 g/mol. The summed E-state index contributed by atoms with van der Waals surface area (Å²) in [4.78, 5) is 4.59. The van der Waals surface area contributed by atoms with E-state index in [4.69, 9.17) is 4.74 Å². The Hall–Kier alpha value is -3.33. The summed E-state index contributed by atoms with van der Waals surface area (Å²) in [7, 11) is -3.48. The first-order valence-electron chi connectivity index (χ1n) is 11.4. The molecule has 0 radical (unpaired) electrons. The summed E-state index contributed by atoms with van der Waals surface area (Å²) in [5.74, 6) is 0.746. The van der Waals surface area contributed by atoms with E-state index in [1.807, 2.05) is 20.8 Å². The zero-order chi connectivity index (χ0) is 26.5. The zero-order valence-corrected chi connectivity index (χ0v) is 21.4. The molecule has 9 heteroatoms. The van der Waals surface area contributed by atoms with Crippen LogP contribution < -0.4 is 4.74 Å². The molecular weight excluding hydrogens is 489 g/mol. The van der Waals surface area contributed by atoms with Crippen molar-refractivity contribution >= 4 is 15.5 Å². The number of hydrogen-bond donors (Lipinski definition) is 0. The Labute approximate surface area is 208 Å². The van der Waals surface area contributed by atoms with Crippen molar-refractivity contribution in [1.82, 2.24) is 9.38 Å². The van der Waals surface area contributed by atoms with Gasteiger partial charge in [0.15, 0.2) is 9.84 Å². The van der Waals surface area contributed by atoms with Gasteiger partial charge in [-0.15, -0.1) is 0 Å². The summed E-state index contributed by atoms with van der Waals surface area (Å²) in [5.41, 5.74) is 0.155. The second-order valence-corrected chi connectivity index (χ2v) is 12.4. The summed E-state index contributed by atoms with van der Waals surface area (Å²) in [6.07, 6.45) is -2.98. The molecule has 0 N–H and O–H groups in total. The van der Waals surface area contributed by atoms with Gasteiger partial charge in [-0.3, -0.25) is 4.40 Å². The van der Waals surface area contributed by atoms with Gasteiger partial charge < -0.3 is 4.74 Å². The highest BCUT2D eigenvalue weighted by Crippen LogP contribution is 2.39. The molecular formula is C27H27F3N2O3S. The molecule has 2 aromatic heterocycles. The van der Waals surface area contributed by atoms with Crippen LogP contribution in [0.25, 0.3) is 16.9 Å². The van der Waals surface area contributed by atoms with E-state index >= 15 is 0 Å². The molecule has 0 aliphatic rings. The summed E-state index contributed by atoms with van der Waals surface area (Å²) in [6.45, 7) is 8.91. The van der Waals surface area contributed by atoms with Gasteiger partial charge in [0.05, 0.1) is 27.1 Å². The summed E-state index contributed by atoms with van der Waals surface area (Å²) >= 11 is 0. The van der Waals surface area contributed by atoms with Crippen LogP contribution in [0.1, 0.15) is 45.9 Å². The van der Waals surface area contributed by atoms with Gasteiger partial charge in [0.2, 0.25) is 0 Å². The highest BCUT2D eigenvalue weighted by molar-refractivity contribution is 7.92. The Morgan fingerprint density at radius 2 is 1.56 bits per heavy atom. The Bertz CT molecular complexity index is 1530. The van der Waals surface area contributed by atoms with Crippen molar-refractivity contribution in [1.29, 1.82) is 0 Å². The van der Waals surface area contributed by atoms with Crippen molar-refractivity contribution in [2.45, 2.75) is 56.4 Å². The van der Waals surface area contributed by atoms with Crippen LogP contribution in [0.2, 0.25) is 0 Å². The standard InChI is InChI=1S/C27H27F3N2O3S/c1-17(2)36(33,34)21-12-7-11-20(16-21)35-19-10-6-9-18(15-19)23-24(26(3,4)5)31-25-22(27(28,29)30)13-8-14-32(23)25/h6-17H,1-5H3. The fraction of sp³-hybridized carbons (Fsp3) is 0.296. The Balaban J connectivity index is 1.82. The molecule has 36 heavy (non-hydrogen) atoms. The quantitative estimate of drug-likeness (QED) is 0.279. The van der Waals surface area contributed by atoms with Crippen LogP contribution in [0, 0.1) is 0 Å². The number of pyridine rings is 1. The number of halogens is 3. The summed E-state index contributed by atoms with van der Waals surface area (Å²) in [6, 6.07) is 15.6. The van der Waals surface area contributed by atoms with E-state index in [1.54, 1.807) is 56.4 Å². The van der Waals surface area contributed by atoms with E-state index in [0.717, 1.165) is 6.07 Å².